The van der Waals surface area contributed by atoms with E-state index in [-0.39, 0.29) is 5.91 Å². The average Bonchev–Trinajstić information content (AvgIpc) is 2.47. The Morgan fingerprint density at radius 3 is 2.55 bits per heavy atom. The van der Waals surface area contributed by atoms with Gasteiger partial charge in [0.15, 0.2) is 0 Å². The smallest absolute Gasteiger partial charge is 0.255 e. The molecule has 0 aromatic heterocycles. The standard InChI is InChI=1S/C16H16INO2/c1-2-11-20-15-6-4-3-5-14(15)18-16(19)12-7-9-13(17)10-8-12/h3-10H,2,11H2,1H3,(H,18,19). The molecule has 0 aliphatic rings. The summed E-state index contributed by atoms with van der Waals surface area (Å²) in [6, 6.07) is 14.9. The molecule has 1 N–H and O–H groups in total. The molecule has 1 amide bonds. The van der Waals surface area contributed by atoms with Crippen molar-refractivity contribution in [1.29, 1.82) is 0 Å². The van der Waals surface area contributed by atoms with Crippen LogP contribution in [0.5, 0.6) is 5.75 Å². The molecular weight excluding hydrogens is 365 g/mol. The van der Waals surface area contributed by atoms with Crippen molar-refractivity contribution in [2.45, 2.75) is 13.3 Å². The van der Waals surface area contributed by atoms with Gasteiger partial charge in [0, 0.05) is 9.13 Å². The molecule has 0 spiro atoms. The van der Waals surface area contributed by atoms with Crippen LogP contribution in [0.15, 0.2) is 48.5 Å². The Hall–Kier alpha value is -1.56. The number of para-hydroxylation sites is 2. The van der Waals surface area contributed by atoms with Gasteiger partial charge >= 0.3 is 0 Å². The van der Waals surface area contributed by atoms with E-state index < -0.39 is 0 Å². The predicted molar refractivity (Wildman–Crippen MR) is 89.3 cm³/mol. The fourth-order valence-corrected chi connectivity index (χ4v) is 2.06. The Morgan fingerprint density at radius 2 is 1.85 bits per heavy atom. The maximum atomic E-state index is 12.2. The topological polar surface area (TPSA) is 38.3 Å². The molecule has 20 heavy (non-hydrogen) atoms. The summed E-state index contributed by atoms with van der Waals surface area (Å²) in [7, 11) is 0. The van der Waals surface area contributed by atoms with E-state index in [9.17, 15) is 4.79 Å². The van der Waals surface area contributed by atoms with Gasteiger partial charge in [-0.1, -0.05) is 19.1 Å². The van der Waals surface area contributed by atoms with Crippen LogP contribution in [0.3, 0.4) is 0 Å². The van der Waals surface area contributed by atoms with E-state index in [2.05, 4.69) is 27.9 Å². The van der Waals surface area contributed by atoms with Gasteiger partial charge in [-0.25, -0.2) is 0 Å². The predicted octanol–water partition coefficient (Wildman–Crippen LogP) is 4.33. The number of nitrogens with one attached hydrogen (secondary N) is 1. The Morgan fingerprint density at radius 1 is 1.15 bits per heavy atom. The quantitative estimate of drug-likeness (QED) is 0.783. The fraction of sp³-hybridized carbons (Fsp3) is 0.188. The summed E-state index contributed by atoms with van der Waals surface area (Å²) < 4.78 is 6.73. The second-order valence-corrected chi connectivity index (χ2v) is 5.55. The third-order valence-corrected chi connectivity index (χ3v) is 3.42. The molecule has 4 heteroatoms. The summed E-state index contributed by atoms with van der Waals surface area (Å²) in [6.45, 7) is 2.68. The second kappa shape index (κ2) is 7.28. The first kappa shape index (κ1) is 14.8. The van der Waals surface area contributed by atoms with Gasteiger partial charge in [-0.15, -0.1) is 0 Å². The maximum Gasteiger partial charge on any atom is 0.255 e. The Bertz CT molecular complexity index is 581. The highest BCUT2D eigenvalue weighted by atomic mass is 127. The van der Waals surface area contributed by atoms with Crippen LogP contribution < -0.4 is 10.1 Å². The van der Waals surface area contributed by atoms with Crippen molar-refractivity contribution < 1.29 is 9.53 Å². The zero-order chi connectivity index (χ0) is 14.4. The zero-order valence-electron chi connectivity index (χ0n) is 11.2. The van der Waals surface area contributed by atoms with Gasteiger partial charge in [-0.2, -0.15) is 0 Å². The average molecular weight is 381 g/mol. The van der Waals surface area contributed by atoms with Crippen LogP contribution in [-0.4, -0.2) is 12.5 Å². The normalized spacial score (nSPS) is 10.1. The summed E-state index contributed by atoms with van der Waals surface area (Å²) in [6.07, 6.45) is 0.930. The third-order valence-electron chi connectivity index (χ3n) is 2.70. The molecule has 0 radical (unpaired) electrons. The molecule has 0 aliphatic heterocycles. The molecule has 0 bridgehead atoms. The lowest BCUT2D eigenvalue weighted by atomic mass is 10.2. The highest BCUT2D eigenvalue weighted by molar-refractivity contribution is 14.1. The molecule has 0 aliphatic carbocycles. The number of carbonyl (C=O) groups is 1. The molecule has 0 saturated heterocycles. The van der Waals surface area contributed by atoms with E-state index >= 15 is 0 Å². The number of benzene rings is 2. The highest BCUT2D eigenvalue weighted by Crippen LogP contribution is 2.24. The first-order valence-corrected chi connectivity index (χ1v) is 7.57. The molecule has 2 rings (SSSR count). The SMILES string of the molecule is CCCOc1ccccc1NC(=O)c1ccc(I)cc1. The van der Waals surface area contributed by atoms with Crippen LogP contribution in [0, 0.1) is 3.57 Å². The molecule has 104 valence electrons. The first-order chi connectivity index (χ1) is 9.70. The third kappa shape index (κ3) is 3.96. The van der Waals surface area contributed by atoms with Crippen molar-refractivity contribution in [3.05, 3.63) is 57.7 Å². The number of amides is 1. The van der Waals surface area contributed by atoms with Gasteiger partial charge in [0.05, 0.1) is 12.3 Å². The zero-order valence-corrected chi connectivity index (χ0v) is 13.4. The molecule has 2 aromatic rings. The Kier molecular flexibility index (Phi) is 5.40. The molecule has 0 fully saturated rings. The van der Waals surface area contributed by atoms with Crippen LogP contribution in [0.2, 0.25) is 0 Å². The van der Waals surface area contributed by atoms with Crippen LogP contribution in [-0.2, 0) is 0 Å². The van der Waals surface area contributed by atoms with E-state index in [4.69, 9.17) is 4.74 Å². The minimum Gasteiger partial charge on any atom is -0.491 e. The number of anilines is 1. The van der Waals surface area contributed by atoms with E-state index in [1.807, 2.05) is 55.5 Å². The van der Waals surface area contributed by atoms with E-state index in [1.54, 1.807) is 0 Å². The fourth-order valence-electron chi connectivity index (χ4n) is 1.70. The Labute approximate surface area is 132 Å². The van der Waals surface area contributed by atoms with Gasteiger partial charge in [0.2, 0.25) is 0 Å². The number of carbonyl (C=O) groups excluding carboxylic acids is 1. The van der Waals surface area contributed by atoms with Gasteiger partial charge < -0.3 is 10.1 Å². The lowest BCUT2D eigenvalue weighted by molar-refractivity contribution is 0.102. The highest BCUT2D eigenvalue weighted by Gasteiger charge is 2.09. The first-order valence-electron chi connectivity index (χ1n) is 6.49. The lowest BCUT2D eigenvalue weighted by Gasteiger charge is -2.11. The van der Waals surface area contributed by atoms with Crippen molar-refractivity contribution in [3.63, 3.8) is 0 Å². The van der Waals surface area contributed by atoms with Crippen molar-refractivity contribution >= 4 is 34.2 Å². The van der Waals surface area contributed by atoms with E-state index in [1.165, 1.54) is 0 Å². The molecule has 0 heterocycles. The van der Waals surface area contributed by atoms with E-state index in [0.717, 1.165) is 9.99 Å². The number of halogens is 1. The minimum absolute atomic E-state index is 0.131. The largest absolute Gasteiger partial charge is 0.491 e. The molecule has 0 atom stereocenters. The molecule has 3 nitrogen and oxygen atoms in total. The number of ether oxygens (including phenoxy) is 1. The number of hydrogen-bond acceptors (Lipinski definition) is 2. The van der Waals surface area contributed by atoms with Crippen LogP contribution in [0.4, 0.5) is 5.69 Å². The van der Waals surface area contributed by atoms with Crippen LogP contribution in [0.1, 0.15) is 23.7 Å². The molecule has 0 unspecified atom stereocenters. The van der Waals surface area contributed by atoms with Crippen molar-refractivity contribution in [2.24, 2.45) is 0 Å². The number of hydrogen-bond donors (Lipinski definition) is 1. The van der Waals surface area contributed by atoms with Crippen LogP contribution >= 0.6 is 22.6 Å². The summed E-state index contributed by atoms with van der Waals surface area (Å²) in [5.41, 5.74) is 1.33. The van der Waals surface area contributed by atoms with Crippen molar-refractivity contribution in [1.82, 2.24) is 0 Å². The maximum absolute atomic E-state index is 12.2. The summed E-state index contributed by atoms with van der Waals surface area (Å²) in [5.74, 6) is 0.571. The minimum atomic E-state index is -0.131. The summed E-state index contributed by atoms with van der Waals surface area (Å²) in [5, 5.41) is 2.89. The van der Waals surface area contributed by atoms with E-state index in [0.29, 0.717) is 23.6 Å². The molecule has 0 saturated carbocycles. The van der Waals surface area contributed by atoms with Gasteiger partial charge in [-0.05, 0) is 65.4 Å². The molecular formula is C16H16INO2. The lowest BCUT2D eigenvalue weighted by Crippen LogP contribution is -2.13. The number of rotatable bonds is 5. The van der Waals surface area contributed by atoms with Crippen molar-refractivity contribution in [2.75, 3.05) is 11.9 Å². The molecule has 2 aromatic carbocycles. The Balaban J connectivity index is 2.13. The van der Waals surface area contributed by atoms with Gasteiger partial charge in [0.25, 0.3) is 5.91 Å². The van der Waals surface area contributed by atoms with Crippen molar-refractivity contribution in [3.8, 4) is 5.75 Å². The monoisotopic (exact) mass is 381 g/mol. The summed E-state index contributed by atoms with van der Waals surface area (Å²) in [4.78, 5) is 12.2. The van der Waals surface area contributed by atoms with Crippen LogP contribution in [0.25, 0.3) is 0 Å². The summed E-state index contributed by atoms with van der Waals surface area (Å²) >= 11 is 2.21. The second-order valence-electron chi connectivity index (χ2n) is 4.31. The van der Waals surface area contributed by atoms with Gasteiger partial charge in [0.1, 0.15) is 5.75 Å². The van der Waals surface area contributed by atoms with Gasteiger partial charge in [-0.3, -0.25) is 4.79 Å².